The van der Waals surface area contributed by atoms with Gasteiger partial charge in [0.25, 0.3) is 0 Å². The maximum atomic E-state index is 5.66. The normalized spacial score (nSPS) is 10.7. The van der Waals surface area contributed by atoms with E-state index in [9.17, 15) is 0 Å². The van der Waals surface area contributed by atoms with Gasteiger partial charge < -0.3 is 20.1 Å². The van der Waals surface area contributed by atoms with E-state index >= 15 is 0 Å². The number of aryl methyl sites for hydroxylation is 1. The van der Waals surface area contributed by atoms with E-state index in [1.165, 1.54) is 0 Å². The van der Waals surface area contributed by atoms with E-state index in [4.69, 9.17) is 15.2 Å². The number of anilines is 2. The number of hydrogen-bond acceptors (Lipinski definition) is 6. The highest BCUT2D eigenvalue weighted by atomic mass is 16.5. The Morgan fingerprint density at radius 3 is 2.26 bits per heavy atom. The highest BCUT2D eigenvalue weighted by Gasteiger charge is 2.11. The van der Waals surface area contributed by atoms with Gasteiger partial charge in [0.05, 0.1) is 13.2 Å². The fourth-order valence-electron chi connectivity index (χ4n) is 1.73. The van der Waals surface area contributed by atoms with Crippen LogP contribution in [0.4, 0.5) is 11.8 Å². The molecule has 2 N–H and O–H groups in total. The lowest BCUT2D eigenvalue weighted by atomic mass is 10.3. The molecule has 0 radical (unpaired) electrons. The first-order valence-corrected chi connectivity index (χ1v) is 6.68. The number of nitrogen functional groups attached to an aromatic ring is 1. The molecule has 0 amide bonds. The largest absolute Gasteiger partial charge is 0.380 e. The monoisotopic (exact) mass is 268 g/mol. The molecule has 0 fully saturated rings. The van der Waals surface area contributed by atoms with E-state index < -0.39 is 0 Å². The zero-order valence-electron chi connectivity index (χ0n) is 12.1. The van der Waals surface area contributed by atoms with Crippen molar-refractivity contribution < 1.29 is 9.47 Å². The molecule has 0 aromatic carbocycles. The summed E-state index contributed by atoms with van der Waals surface area (Å²) in [5.41, 5.74) is 6.67. The van der Waals surface area contributed by atoms with Crippen molar-refractivity contribution >= 4 is 11.8 Å². The molecular formula is C13H24N4O2. The van der Waals surface area contributed by atoms with Crippen LogP contribution in [0.2, 0.25) is 0 Å². The lowest BCUT2D eigenvalue weighted by Gasteiger charge is -2.25. The first kappa shape index (κ1) is 15.7. The molecule has 1 aromatic rings. The van der Waals surface area contributed by atoms with Gasteiger partial charge in [-0.3, -0.25) is 0 Å². The number of nitrogens with two attached hydrogens (primary N) is 1. The van der Waals surface area contributed by atoms with Crippen LogP contribution in [-0.2, 0) is 9.47 Å². The molecule has 108 valence electrons. The van der Waals surface area contributed by atoms with Crippen LogP contribution in [0.1, 0.15) is 19.4 Å². The lowest BCUT2D eigenvalue weighted by molar-refractivity contribution is 0.141. The van der Waals surface area contributed by atoms with Gasteiger partial charge in [-0.15, -0.1) is 0 Å². The van der Waals surface area contributed by atoms with Crippen LogP contribution >= 0.6 is 0 Å². The number of ether oxygens (including phenoxy) is 2. The zero-order chi connectivity index (χ0) is 14.1. The Labute approximate surface area is 114 Å². The molecule has 0 atom stereocenters. The molecule has 0 aliphatic heterocycles. The smallest absolute Gasteiger partial charge is 0.221 e. The molecule has 1 heterocycles. The molecule has 0 bridgehead atoms. The van der Waals surface area contributed by atoms with Gasteiger partial charge in [0.2, 0.25) is 5.95 Å². The van der Waals surface area contributed by atoms with Crippen LogP contribution in [0.25, 0.3) is 0 Å². The summed E-state index contributed by atoms with van der Waals surface area (Å²) in [5, 5.41) is 0. The Bertz CT molecular complexity index is 364. The van der Waals surface area contributed by atoms with Gasteiger partial charge in [0.1, 0.15) is 5.82 Å². The summed E-state index contributed by atoms with van der Waals surface area (Å²) in [6, 6.07) is 0. The molecule has 0 saturated heterocycles. The van der Waals surface area contributed by atoms with Gasteiger partial charge in [-0.1, -0.05) is 0 Å². The van der Waals surface area contributed by atoms with Crippen LogP contribution in [0.5, 0.6) is 0 Å². The van der Waals surface area contributed by atoms with Crippen LogP contribution in [0.15, 0.2) is 6.20 Å². The highest BCUT2D eigenvalue weighted by molar-refractivity contribution is 5.47. The first-order chi connectivity index (χ1) is 9.19. The molecule has 0 aliphatic carbocycles. The summed E-state index contributed by atoms with van der Waals surface area (Å²) in [6.45, 7) is 10.2. The van der Waals surface area contributed by atoms with Crippen LogP contribution < -0.4 is 10.6 Å². The molecule has 6 nitrogen and oxygen atoms in total. The van der Waals surface area contributed by atoms with Gasteiger partial charge in [-0.2, -0.15) is 4.98 Å². The van der Waals surface area contributed by atoms with E-state index in [2.05, 4.69) is 14.9 Å². The topological polar surface area (TPSA) is 73.5 Å². The van der Waals surface area contributed by atoms with Crippen molar-refractivity contribution in [2.24, 2.45) is 0 Å². The van der Waals surface area contributed by atoms with Crippen molar-refractivity contribution in [3.8, 4) is 0 Å². The van der Waals surface area contributed by atoms with E-state index in [0.29, 0.717) is 32.4 Å². The minimum absolute atomic E-state index is 0.290. The second kappa shape index (κ2) is 8.66. The summed E-state index contributed by atoms with van der Waals surface area (Å²) >= 11 is 0. The minimum atomic E-state index is 0.290. The third kappa shape index (κ3) is 5.40. The third-order valence-corrected chi connectivity index (χ3v) is 2.68. The number of nitrogens with zero attached hydrogens (tertiary/aromatic N) is 3. The van der Waals surface area contributed by atoms with Gasteiger partial charge >= 0.3 is 0 Å². The summed E-state index contributed by atoms with van der Waals surface area (Å²) in [5.74, 6) is 1.14. The van der Waals surface area contributed by atoms with E-state index in [-0.39, 0.29) is 0 Å². The predicted octanol–water partition coefficient (Wildman–Crippen LogP) is 1.25. The molecule has 0 saturated carbocycles. The SMILES string of the molecule is CCOCCN(CCOCC)c1nc(N)ncc1C. The van der Waals surface area contributed by atoms with Crippen molar-refractivity contribution in [1.82, 2.24) is 9.97 Å². The highest BCUT2D eigenvalue weighted by Crippen LogP contribution is 2.16. The van der Waals surface area contributed by atoms with Crippen molar-refractivity contribution in [3.05, 3.63) is 11.8 Å². The summed E-state index contributed by atoms with van der Waals surface area (Å²) in [4.78, 5) is 10.4. The van der Waals surface area contributed by atoms with Gasteiger partial charge in [0.15, 0.2) is 0 Å². The summed E-state index contributed by atoms with van der Waals surface area (Å²) in [6.07, 6.45) is 1.74. The number of aromatic nitrogens is 2. The van der Waals surface area contributed by atoms with E-state index in [0.717, 1.165) is 24.5 Å². The molecule has 0 unspecified atom stereocenters. The summed E-state index contributed by atoms with van der Waals surface area (Å²) in [7, 11) is 0. The third-order valence-electron chi connectivity index (χ3n) is 2.68. The van der Waals surface area contributed by atoms with Crippen LogP contribution in [-0.4, -0.2) is 49.5 Å². The fraction of sp³-hybridized carbons (Fsp3) is 0.692. The van der Waals surface area contributed by atoms with Crippen LogP contribution in [0.3, 0.4) is 0 Å². The van der Waals surface area contributed by atoms with Crippen LogP contribution in [0, 0.1) is 6.92 Å². The Balaban J connectivity index is 2.72. The molecule has 1 rings (SSSR count). The van der Waals surface area contributed by atoms with E-state index in [1.54, 1.807) is 6.20 Å². The molecule has 0 aliphatic rings. The predicted molar refractivity (Wildman–Crippen MR) is 76.4 cm³/mol. The number of hydrogen-bond donors (Lipinski definition) is 1. The Morgan fingerprint density at radius 2 is 1.74 bits per heavy atom. The maximum absolute atomic E-state index is 5.66. The molecule has 0 spiro atoms. The quantitative estimate of drug-likeness (QED) is 0.679. The van der Waals surface area contributed by atoms with Gasteiger partial charge in [-0.25, -0.2) is 4.98 Å². The minimum Gasteiger partial charge on any atom is -0.380 e. The second-order valence-corrected chi connectivity index (χ2v) is 4.12. The Kier molecular flexibility index (Phi) is 7.14. The van der Waals surface area contributed by atoms with E-state index in [1.807, 2.05) is 20.8 Å². The number of rotatable bonds is 9. The fourth-order valence-corrected chi connectivity index (χ4v) is 1.73. The molecule has 6 heteroatoms. The first-order valence-electron chi connectivity index (χ1n) is 6.68. The molecule has 19 heavy (non-hydrogen) atoms. The average Bonchev–Trinajstić information content (AvgIpc) is 2.40. The van der Waals surface area contributed by atoms with Crippen molar-refractivity contribution in [2.75, 3.05) is 50.2 Å². The maximum Gasteiger partial charge on any atom is 0.221 e. The van der Waals surface area contributed by atoms with Gasteiger partial charge in [-0.05, 0) is 20.8 Å². The lowest BCUT2D eigenvalue weighted by Crippen LogP contribution is -2.32. The Morgan fingerprint density at radius 1 is 1.16 bits per heavy atom. The molecular weight excluding hydrogens is 244 g/mol. The zero-order valence-corrected chi connectivity index (χ0v) is 12.1. The van der Waals surface area contributed by atoms with Crippen molar-refractivity contribution in [1.29, 1.82) is 0 Å². The average molecular weight is 268 g/mol. The Hall–Kier alpha value is -1.40. The van der Waals surface area contributed by atoms with Crippen molar-refractivity contribution in [3.63, 3.8) is 0 Å². The molecule has 1 aromatic heterocycles. The second-order valence-electron chi connectivity index (χ2n) is 4.12. The van der Waals surface area contributed by atoms with Crippen molar-refractivity contribution in [2.45, 2.75) is 20.8 Å². The summed E-state index contributed by atoms with van der Waals surface area (Å²) < 4.78 is 10.8. The standard InChI is InChI=1S/C13H24N4O2/c1-4-18-8-6-17(7-9-19-5-2)12-11(3)10-15-13(14)16-12/h10H,4-9H2,1-3H3,(H2,14,15,16). The van der Waals surface area contributed by atoms with Gasteiger partial charge in [0, 0.05) is 38.1 Å².